The molecule has 0 aliphatic carbocycles. The molecule has 1 aromatic rings. The van der Waals surface area contributed by atoms with Crippen LogP contribution in [0.5, 0.6) is 0 Å². The van der Waals surface area contributed by atoms with E-state index in [1.807, 2.05) is 17.0 Å². The van der Waals surface area contributed by atoms with E-state index in [0.717, 1.165) is 30.8 Å². The van der Waals surface area contributed by atoms with Crippen molar-refractivity contribution >= 4 is 35.0 Å². The first-order valence-corrected chi connectivity index (χ1v) is 8.49. The molecule has 1 aliphatic rings. The molecule has 1 amide bonds. The van der Waals surface area contributed by atoms with Gasteiger partial charge >= 0.3 is 0 Å². The van der Waals surface area contributed by atoms with Gasteiger partial charge < -0.3 is 10.6 Å². The Labute approximate surface area is 129 Å². The number of benzene rings is 1. The molecule has 110 valence electrons. The molecule has 3 nitrogen and oxygen atoms in total. The molecule has 1 aromatic carbocycles. The van der Waals surface area contributed by atoms with Crippen LogP contribution in [-0.2, 0) is 4.79 Å². The van der Waals surface area contributed by atoms with Gasteiger partial charge in [-0.15, -0.1) is 11.8 Å². The standard InChI is InChI=1S/C15H21ClN2OS/c16-13-10-12(17)6-7-14(13)20-11-15(19)18-8-4-2-1-3-5-9-18/h6-7,10H,1-5,8-9,11,17H2. The van der Waals surface area contributed by atoms with Crippen molar-refractivity contribution in [2.75, 3.05) is 24.6 Å². The van der Waals surface area contributed by atoms with E-state index in [1.54, 1.807) is 6.07 Å². The third-order valence-electron chi connectivity index (χ3n) is 3.52. The molecule has 1 heterocycles. The molecule has 5 heteroatoms. The van der Waals surface area contributed by atoms with Gasteiger partial charge in [0.05, 0.1) is 10.8 Å². The SMILES string of the molecule is Nc1ccc(SCC(=O)N2CCCCCCC2)c(Cl)c1. The van der Waals surface area contributed by atoms with Crippen LogP contribution in [-0.4, -0.2) is 29.6 Å². The molecule has 0 unspecified atom stereocenters. The number of thioether (sulfide) groups is 1. The number of hydrogen-bond donors (Lipinski definition) is 1. The van der Waals surface area contributed by atoms with Gasteiger partial charge in [-0.2, -0.15) is 0 Å². The molecule has 2 N–H and O–H groups in total. The fourth-order valence-electron chi connectivity index (χ4n) is 2.36. The van der Waals surface area contributed by atoms with Gasteiger partial charge in [0, 0.05) is 23.7 Å². The zero-order valence-electron chi connectivity index (χ0n) is 11.6. The Bertz CT molecular complexity index is 459. The molecule has 2 rings (SSSR count). The topological polar surface area (TPSA) is 46.3 Å². The molecular formula is C15H21ClN2OS. The largest absolute Gasteiger partial charge is 0.399 e. The highest BCUT2D eigenvalue weighted by Crippen LogP contribution is 2.29. The van der Waals surface area contributed by atoms with Crippen LogP contribution in [0, 0.1) is 0 Å². The Morgan fingerprint density at radius 1 is 1.20 bits per heavy atom. The summed E-state index contributed by atoms with van der Waals surface area (Å²) < 4.78 is 0. The summed E-state index contributed by atoms with van der Waals surface area (Å²) in [4.78, 5) is 15.2. The number of likely N-dealkylation sites (tertiary alicyclic amines) is 1. The number of nitrogen functional groups attached to an aromatic ring is 1. The van der Waals surface area contributed by atoms with E-state index in [4.69, 9.17) is 17.3 Å². The second kappa shape index (κ2) is 7.79. The number of halogens is 1. The van der Waals surface area contributed by atoms with E-state index >= 15 is 0 Å². The van der Waals surface area contributed by atoms with E-state index in [2.05, 4.69) is 0 Å². The summed E-state index contributed by atoms with van der Waals surface area (Å²) in [5.41, 5.74) is 6.31. The van der Waals surface area contributed by atoms with Crippen LogP contribution < -0.4 is 5.73 Å². The van der Waals surface area contributed by atoms with Crippen molar-refractivity contribution in [2.45, 2.75) is 37.0 Å². The Hall–Kier alpha value is -0.870. The second-order valence-corrected chi connectivity index (χ2v) is 6.55. The van der Waals surface area contributed by atoms with Crippen LogP contribution in [0.1, 0.15) is 32.1 Å². The number of nitrogens with two attached hydrogens (primary N) is 1. The minimum Gasteiger partial charge on any atom is -0.399 e. The first-order chi connectivity index (χ1) is 9.66. The van der Waals surface area contributed by atoms with Gasteiger partial charge in [0.15, 0.2) is 0 Å². The van der Waals surface area contributed by atoms with E-state index in [0.29, 0.717) is 16.5 Å². The summed E-state index contributed by atoms with van der Waals surface area (Å²) in [6, 6.07) is 5.42. The van der Waals surface area contributed by atoms with Crippen LogP contribution in [0.4, 0.5) is 5.69 Å². The van der Waals surface area contributed by atoms with Gasteiger partial charge in [0.25, 0.3) is 0 Å². The van der Waals surface area contributed by atoms with Gasteiger partial charge in [0.2, 0.25) is 5.91 Å². The highest BCUT2D eigenvalue weighted by Gasteiger charge is 2.15. The molecule has 20 heavy (non-hydrogen) atoms. The normalized spacial score (nSPS) is 16.6. The second-order valence-electron chi connectivity index (χ2n) is 5.13. The van der Waals surface area contributed by atoms with Crippen LogP contribution in [0.3, 0.4) is 0 Å². The van der Waals surface area contributed by atoms with Crippen LogP contribution in [0.15, 0.2) is 23.1 Å². The van der Waals surface area contributed by atoms with Crippen molar-refractivity contribution in [2.24, 2.45) is 0 Å². The fraction of sp³-hybridized carbons (Fsp3) is 0.533. The van der Waals surface area contributed by atoms with Crippen molar-refractivity contribution in [1.82, 2.24) is 4.90 Å². The number of rotatable bonds is 3. The van der Waals surface area contributed by atoms with Crippen LogP contribution in [0.2, 0.25) is 5.02 Å². The predicted molar refractivity (Wildman–Crippen MR) is 86.3 cm³/mol. The lowest BCUT2D eigenvalue weighted by Gasteiger charge is -2.24. The van der Waals surface area contributed by atoms with Crippen LogP contribution in [0.25, 0.3) is 0 Å². The summed E-state index contributed by atoms with van der Waals surface area (Å²) in [5, 5.41) is 0.621. The maximum atomic E-state index is 12.3. The monoisotopic (exact) mass is 312 g/mol. The minimum atomic E-state index is 0.213. The van der Waals surface area contributed by atoms with Crippen molar-refractivity contribution in [3.05, 3.63) is 23.2 Å². The summed E-state index contributed by atoms with van der Waals surface area (Å²) >= 11 is 7.61. The minimum absolute atomic E-state index is 0.213. The predicted octanol–water partition coefficient (Wildman–Crippen LogP) is 3.81. The molecule has 0 radical (unpaired) electrons. The molecule has 1 saturated heterocycles. The average molecular weight is 313 g/mol. The quantitative estimate of drug-likeness (QED) is 0.682. The number of hydrogen-bond acceptors (Lipinski definition) is 3. The van der Waals surface area contributed by atoms with Crippen molar-refractivity contribution < 1.29 is 4.79 Å². The summed E-state index contributed by atoms with van der Waals surface area (Å²) in [5.74, 6) is 0.661. The van der Waals surface area contributed by atoms with E-state index in [9.17, 15) is 4.79 Å². The Balaban J connectivity index is 1.87. The van der Waals surface area contributed by atoms with Gasteiger partial charge in [-0.25, -0.2) is 0 Å². The Morgan fingerprint density at radius 2 is 1.85 bits per heavy atom. The number of nitrogens with zero attached hydrogens (tertiary/aromatic N) is 1. The molecular weight excluding hydrogens is 292 g/mol. The first-order valence-electron chi connectivity index (χ1n) is 7.12. The summed E-state index contributed by atoms with van der Waals surface area (Å²) in [7, 11) is 0. The van der Waals surface area contributed by atoms with E-state index in [1.165, 1.54) is 31.0 Å². The smallest absolute Gasteiger partial charge is 0.232 e. The highest BCUT2D eigenvalue weighted by atomic mass is 35.5. The van der Waals surface area contributed by atoms with Crippen molar-refractivity contribution in [3.8, 4) is 0 Å². The average Bonchev–Trinajstić information content (AvgIpc) is 2.37. The van der Waals surface area contributed by atoms with Crippen molar-refractivity contribution in [3.63, 3.8) is 0 Å². The lowest BCUT2D eigenvalue weighted by Crippen LogP contribution is -2.35. The van der Waals surface area contributed by atoms with Crippen LogP contribution >= 0.6 is 23.4 Å². The lowest BCUT2D eigenvalue weighted by atomic mass is 10.1. The third-order valence-corrected chi connectivity index (χ3v) is 5.00. The number of anilines is 1. The Morgan fingerprint density at radius 3 is 2.50 bits per heavy atom. The number of carbonyl (C=O) groups is 1. The zero-order valence-corrected chi connectivity index (χ0v) is 13.2. The summed E-state index contributed by atoms with van der Waals surface area (Å²) in [6.07, 6.45) is 6.03. The molecule has 1 fully saturated rings. The molecule has 0 saturated carbocycles. The number of carbonyl (C=O) groups excluding carboxylic acids is 1. The number of amides is 1. The zero-order chi connectivity index (χ0) is 14.4. The van der Waals surface area contributed by atoms with Gasteiger partial charge in [-0.05, 0) is 31.0 Å². The van der Waals surface area contributed by atoms with Gasteiger partial charge in [0.1, 0.15) is 0 Å². The fourth-order valence-corrected chi connectivity index (χ4v) is 3.54. The van der Waals surface area contributed by atoms with Gasteiger partial charge in [-0.1, -0.05) is 30.9 Å². The lowest BCUT2D eigenvalue weighted by molar-refractivity contribution is -0.128. The molecule has 0 bridgehead atoms. The maximum absolute atomic E-state index is 12.3. The van der Waals surface area contributed by atoms with E-state index < -0.39 is 0 Å². The highest BCUT2D eigenvalue weighted by molar-refractivity contribution is 8.00. The molecule has 0 spiro atoms. The molecule has 0 atom stereocenters. The van der Waals surface area contributed by atoms with Gasteiger partial charge in [-0.3, -0.25) is 4.79 Å². The summed E-state index contributed by atoms with van der Waals surface area (Å²) in [6.45, 7) is 1.80. The third kappa shape index (κ3) is 4.60. The Kier molecular flexibility index (Phi) is 6.05. The van der Waals surface area contributed by atoms with E-state index in [-0.39, 0.29) is 5.91 Å². The maximum Gasteiger partial charge on any atom is 0.232 e. The molecule has 1 aliphatic heterocycles. The molecule has 0 aromatic heterocycles. The first kappa shape index (κ1) is 15.5. The van der Waals surface area contributed by atoms with Crippen molar-refractivity contribution in [1.29, 1.82) is 0 Å².